The molecule has 0 aliphatic heterocycles. The van der Waals surface area contributed by atoms with E-state index in [0.29, 0.717) is 12.3 Å². The first-order chi connectivity index (χ1) is 7.88. The molecule has 1 heterocycles. The van der Waals surface area contributed by atoms with Gasteiger partial charge in [-0.05, 0) is 25.2 Å². The van der Waals surface area contributed by atoms with Gasteiger partial charge in [0.15, 0.2) is 5.76 Å². The lowest BCUT2D eigenvalue weighted by atomic mass is 10.3. The molecule has 0 atom stereocenters. The van der Waals surface area contributed by atoms with Crippen LogP contribution in [-0.2, 0) is 6.54 Å². The predicted octanol–water partition coefficient (Wildman–Crippen LogP) is 2.87. The summed E-state index contributed by atoms with van der Waals surface area (Å²) in [4.78, 5) is 12.8. The Balaban J connectivity index is 2.75. The van der Waals surface area contributed by atoms with E-state index in [1.54, 1.807) is 0 Å². The minimum absolute atomic E-state index is 0.362. The summed E-state index contributed by atoms with van der Waals surface area (Å²) < 4.78 is 41.3. The number of rotatable bonds is 5. The van der Waals surface area contributed by atoms with E-state index in [0.717, 1.165) is 19.2 Å². The molecule has 17 heavy (non-hydrogen) atoms. The monoisotopic (exact) mass is 249 g/mol. The van der Waals surface area contributed by atoms with E-state index in [-0.39, 0.29) is 0 Å². The molecule has 0 fully saturated rings. The van der Waals surface area contributed by atoms with Gasteiger partial charge in [0.2, 0.25) is 0 Å². The Morgan fingerprint density at radius 1 is 1.29 bits per heavy atom. The zero-order chi connectivity index (χ0) is 13.1. The van der Waals surface area contributed by atoms with Gasteiger partial charge in [-0.3, -0.25) is 9.69 Å². The molecule has 1 aromatic heterocycles. The Morgan fingerprint density at radius 2 is 1.88 bits per heavy atom. The molecule has 0 saturated carbocycles. The topological polar surface area (TPSA) is 33.5 Å². The van der Waals surface area contributed by atoms with E-state index in [1.165, 1.54) is 6.07 Å². The van der Waals surface area contributed by atoms with Crippen LogP contribution >= 0.6 is 0 Å². The molecule has 0 aromatic carbocycles. The summed E-state index contributed by atoms with van der Waals surface area (Å²) >= 11 is 0. The molecule has 0 aliphatic rings. The molecular weight excluding hydrogens is 235 g/mol. The van der Waals surface area contributed by atoms with E-state index in [2.05, 4.69) is 0 Å². The van der Waals surface area contributed by atoms with Crippen LogP contribution in [-0.4, -0.2) is 29.9 Å². The number of alkyl halides is 3. The highest BCUT2D eigenvalue weighted by atomic mass is 19.4. The summed E-state index contributed by atoms with van der Waals surface area (Å²) in [5.41, 5.74) is 0. The van der Waals surface area contributed by atoms with Gasteiger partial charge in [-0.25, -0.2) is 0 Å². The lowest BCUT2D eigenvalue weighted by Gasteiger charge is -2.15. The summed E-state index contributed by atoms with van der Waals surface area (Å²) in [7, 11) is 0. The molecule has 0 unspecified atom stereocenters. The fourth-order valence-electron chi connectivity index (χ4n) is 1.39. The van der Waals surface area contributed by atoms with E-state index in [4.69, 9.17) is 4.42 Å². The number of Topliss-reactive ketones (excluding diaryl/α,β-unsaturated/α-hetero) is 1. The minimum atomic E-state index is -4.88. The summed E-state index contributed by atoms with van der Waals surface area (Å²) in [6.07, 6.45) is -4.88. The smallest absolute Gasteiger partial charge is 0.456 e. The van der Waals surface area contributed by atoms with E-state index >= 15 is 0 Å². The van der Waals surface area contributed by atoms with Crippen molar-refractivity contribution in [1.82, 2.24) is 4.90 Å². The van der Waals surface area contributed by atoms with Crippen molar-refractivity contribution in [1.29, 1.82) is 0 Å². The second kappa shape index (κ2) is 5.35. The van der Waals surface area contributed by atoms with Crippen LogP contribution in [0.4, 0.5) is 13.2 Å². The number of carbonyl (C=O) groups is 1. The maximum absolute atomic E-state index is 12.1. The summed E-state index contributed by atoms with van der Waals surface area (Å²) in [6.45, 7) is 5.81. The van der Waals surface area contributed by atoms with Gasteiger partial charge in [0.05, 0.1) is 6.54 Å². The Labute approximate surface area is 97.2 Å². The summed E-state index contributed by atoms with van der Waals surface area (Å²) in [5, 5.41) is 0. The quantitative estimate of drug-likeness (QED) is 0.752. The van der Waals surface area contributed by atoms with Crippen LogP contribution in [0.1, 0.15) is 30.2 Å². The third kappa shape index (κ3) is 3.59. The third-order valence-electron chi connectivity index (χ3n) is 2.42. The van der Waals surface area contributed by atoms with Crippen LogP contribution in [0.15, 0.2) is 16.5 Å². The highest BCUT2D eigenvalue weighted by Crippen LogP contribution is 2.23. The molecule has 1 aromatic rings. The third-order valence-corrected chi connectivity index (χ3v) is 2.42. The van der Waals surface area contributed by atoms with Crippen molar-refractivity contribution in [2.24, 2.45) is 0 Å². The van der Waals surface area contributed by atoms with Crippen molar-refractivity contribution >= 4 is 5.78 Å². The van der Waals surface area contributed by atoms with Crippen molar-refractivity contribution in [2.75, 3.05) is 13.1 Å². The Hall–Kier alpha value is -1.30. The van der Waals surface area contributed by atoms with Gasteiger partial charge in [0.25, 0.3) is 0 Å². The number of nitrogens with zero attached hydrogens (tertiary/aromatic N) is 1. The Kier molecular flexibility index (Phi) is 4.34. The van der Waals surface area contributed by atoms with Crippen molar-refractivity contribution in [3.8, 4) is 0 Å². The van der Waals surface area contributed by atoms with E-state index in [9.17, 15) is 18.0 Å². The van der Waals surface area contributed by atoms with Crippen LogP contribution in [0, 0.1) is 0 Å². The maximum atomic E-state index is 12.1. The van der Waals surface area contributed by atoms with Crippen LogP contribution in [0.3, 0.4) is 0 Å². The Morgan fingerprint density at radius 3 is 2.35 bits per heavy atom. The molecule has 0 amide bonds. The lowest BCUT2D eigenvalue weighted by Crippen LogP contribution is -2.23. The average molecular weight is 249 g/mol. The fourth-order valence-corrected chi connectivity index (χ4v) is 1.39. The van der Waals surface area contributed by atoms with Crippen molar-refractivity contribution in [2.45, 2.75) is 26.6 Å². The number of carbonyl (C=O) groups excluding carboxylic acids is 1. The zero-order valence-corrected chi connectivity index (χ0v) is 9.67. The SMILES string of the molecule is CCN(CC)Cc1ccc(C(=O)C(F)(F)F)o1. The molecule has 6 heteroatoms. The van der Waals surface area contributed by atoms with Crippen molar-refractivity contribution in [3.05, 3.63) is 23.7 Å². The fraction of sp³-hybridized carbons (Fsp3) is 0.545. The second-order valence-corrected chi connectivity index (χ2v) is 3.55. The average Bonchev–Trinajstić information content (AvgIpc) is 2.71. The van der Waals surface area contributed by atoms with Crippen molar-refractivity contribution < 1.29 is 22.4 Å². The number of hydrogen-bond acceptors (Lipinski definition) is 3. The molecule has 0 N–H and O–H groups in total. The van der Waals surface area contributed by atoms with Crippen LogP contribution in [0.5, 0.6) is 0 Å². The molecule has 0 radical (unpaired) electrons. The summed E-state index contributed by atoms with van der Waals surface area (Å²) in [5.74, 6) is -2.23. The number of furan rings is 1. The number of ketones is 1. The first-order valence-corrected chi connectivity index (χ1v) is 5.31. The predicted molar refractivity (Wildman–Crippen MR) is 55.7 cm³/mol. The largest absolute Gasteiger partial charge is 0.458 e. The van der Waals surface area contributed by atoms with Gasteiger partial charge >= 0.3 is 12.0 Å². The van der Waals surface area contributed by atoms with Crippen LogP contribution < -0.4 is 0 Å². The highest BCUT2D eigenvalue weighted by molar-refractivity contribution is 5.97. The minimum Gasteiger partial charge on any atom is -0.456 e. The normalized spacial score (nSPS) is 12.1. The molecule has 0 aliphatic carbocycles. The molecular formula is C11H14F3NO2. The molecule has 0 saturated heterocycles. The standard InChI is InChI=1S/C11H14F3NO2/c1-3-15(4-2)7-8-5-6-9(17-8)10(16)11(12,13)14/h5-6H,3-4,7H2,1-2H3. The maximum Gasteiger partial charge on any atom is 0.458 e. The molecule has 0 spiro atoms. The van der Waals surface area contributed by atoms with Gasteiger partial charge in [-0.1, -0.05) is 13.8 Å². The van der Waals surface area contributed by atoms with Crippen LogP contribution in [0.2, 0.25) is 0 Å². The van der Waals surface area contributed by atoms with Crippen molar-refractivity contribution in [3.63, 3.8) is 0 Å². The van der Waals surface area contributed by atoms with Gasteiger partial charge in [-0.15, -0.1) is 0 Å². The second-order valence-electron chi connectivity index (χ2n) is 3.55. The zero-order valence-electron chi connectivity index (χ0n) is 9.67. The lowest BCUT2D eigenvalue weighted by molar-refractivity contribution is -0.0900. The van der Waals surface area contributed by atoms with Gasteiger partial charge in [0.1, 0.15) is 5.76 Å². The van der Waals surface area contributed by atoms with Gasteiger partial charge < -0.3 is 4.42 Å². The van der Waals surface area contributed by atoms with Gasteiger partial charge in [-0.2, -0.15) is 13.2 Å². The molecule has 3 nitrogen and oxygen atoms in total. The Bertz CT molecular complexity index is 380. The molecule has 1 rings (SSSR count). The van der Waals surface area contributed by atoms with Gasteiger partial charge in [0, 0.05) is 0 Å². The summed E-state index contributed by atoms with van der Waals surface area (Å²) in [6, 6.07) is 2.46. The van der Waals surface area contributed by atoms with Crippen LogP contribution in [0.25, 0.3) is 0 Å². The molecule has 0 bridgehead atoms. The number of halogens is 3. The molecule has 96 valence electrons. The number of hydrogen-bond donors (Lipinski definition) is 0. The van der Waals surface area contributed by atoms with E-state index < -0.39 is 17.7 Å². The first-order valence-electron chi connectivity index (χ1n) is 5.31. The highest BCUT2D eigenvalue weighted by Gasteiger charge is 2.41. The first kappa shape index (κ1) is 13.8. The van der Waals surface area contributed by atoms with E-state index in [1.807, 2.05) is 18.7 Å².